The number of hydrogen-bond donors (Lipinski definition) is 2. The van der Waals surface area contributed by atoms with Gasteiger partial charge in [-0.25, -0.2) is 0 Å². The lowest BCUT2D eigenvalue weighted by atomic mass is 10.1. The number of anilines is 1. The fourth-order valence-corrected chi connectivity index (χ4v) is 2.74. The molecule has 0 spiro atoms. The number of nitrogens with one attached hydrogen (secondary N) is 1. The van der Waals surface area contributed by atoms with E-state index in [0.717, 1.165) is 21.8 Å². The van der Waals surface area contributed by atoms with Crippen molar-refractivity contribution in [2.24, 2.45) is 0 Å². The maximum Gasteiger partial charge on any atom is 0.155 e. The molecule has 0 atom stereocenters. The number of aryl methyl sites for hydroxylation is 1. The SMILES string of the molecule is Cc1ccc(-c2[nH]nc(N)c2-c2ccccn2)s1. The Morgan fingerprint density at radius 1 is 1.22 bits per heavy atom. The number of nitrogens with two attached hydrogens (primary N) is 1. The maximum atomic E-state index is 5.94. The highest BCUT2D eigenvalue weighted by atomic mass is 32.1. The van der Waals surface area contributed by atoms with E-state index < -0.39 is 0 Å². The number of nitrogens with zero attached hydrogens (tertiary/aromatic N) is 2. The lowest BCUT2D eigenvalue weighted by molar-refractivity contribution is 1.11. The van der Waals surface area contributed by atoms with Crippen LogP contribution in [0.3, 0.4) is 0 Å². The fraction of sp³-hybridized carbons (Fsp3) is 0.0769. The highest BCUT2D eigenvalue weighted by molar-refractivity contribution is 7.15. The standard InChI is InChI=1S/C13H12N4S/c1-8-5-6-10(18-8)12-11(13(14)17-16-12)9-4-2-3-7-15-9/h2-7H,1H3,(H3,14,16,17). The Labute approximate surface area is 109 Å². The zero-order valence-corrected chi connectivity index (χ0v) is 10.7. The van der Waals surface area contributed by atoms with Gasteiger partial charge in [0.05, 0.1) is 21.8 Å². The van der Waals surface area contributed by atoms with Crippen molar-refractivity contribution in [3.05, 3.63) is 41.4 Å². The average molecular weight is 256 g/mol. The van der Waals surface area contributed by atoms with Gasteiger partial charge in [0, 0.05) is 11.1 Å². The molecule has 90 valence electrons. The van der Waals surface area contributed by atoms with Gasteiger partial charge in [-0.2, -0.15) is 5.10 Å². The summed E-state index contributed by atoms with van der Waals surface area (Å²) < 4.78 is 0. The number of aromatic nitrogens is 3. The normalized spacial score (nSPS) is 10.7. The van der Waals surface area contributed by atoms with E-state index in [2.05, 4.69) is 34.2 Å². The minimum Gasteiger partial charge on any atom is -0.382 e. The Morgan fingerprint density at radius 3 is 2.78 bits per heavy atom. The Hall–Kier alpha value is -2.14. The number of rotatable bonds is 2. The second kappa shape index (κ2) is 4.27. The van der Waals surface area contributed by atoms with Crippen molar-refractivity contribution >= 4 is 17.2 Å². The van der Waals surface area contributed by atoms with Crippen LogP contribution in [0, 0.1) is 6.92 Å². The van der Waals surface area contributed by atoms with Crippen molar-refractivity contribution in [2.45, 2.75) is 6.92 Å². The molecule has 4 nitrogen and oxygen atoms in total. The summed E-state index contributed by atoms with van der Waals surface area (Å²) in [5, 5.41) is 7.10. The number of thiophene rings is 1. The van der Waals surface area contributed by atoms with Gasteiger partial charge in [0.25, 0.3) is 0 Å². The zero-order chi connectivity index (χ0) is 12.5. The van der Waals surface area contributed by atoms with Crippen LogP contribution in [0.25, 0.3) is 21.8 Å². The van der Waals surface area contributed by atoms with Crippen LogP contribution in [-0.4, -0.2) is 15.2 Å². The van der Waals surface area contributed by atoms with Gasteiger partial charge in [-0.05, 0) is 31.2 Å². The first-order valence-electron chi connectivity index (χ1n) is 5.58. The summed E-state index contributed by atoms with van der Waals surface area (Å²) in [5.74, 6) is 0.481. The second-order valence-corrected chi connectivity index (χ2v) is 5.27. The monoisotopic (exact) mass is 256 g/mol. The van der Waals surface area contributed by atoms with Gasteiger partial charge in [-0.15, -0.1) is 11.3 Å². The summed E-state index contributed by atoms with van der Waals surface area (Å²) in [4.78, 5) is 6.72. The molecule has 3 N–H and O–H groups in total. The summed E-state index contributed by atoms with van der Waals surface area (Å²) in [5.41, 5.74) is 8.58. The third kappa shape index (κ3) is 1.78. The van der Waals surface area contributed by atoms with Gasteiger partial charge < -0.3 is 5.73 Å². The third-order valence-electron chi connectivity index (χ3n) is 2.70. The van der Waals surface area contributed by atoms with Crippen LogP contribution in [0.2, 0.25) is 0 Å². The molecule has 0 bridgehead atoms. The van der Waals surface area contributed by atoms with Gasteiger partial charge in [0.1, 0.15) is 0 Å². The van der Waals surface area contributed by atoms with E-state index in [-0.39, 0.29) is 0 Å². The van der Waals surface area contributed by atoms with Crippen LogP contribution < -0.4 is 5.73 Å². The number of aromatic amines is 1. The summed E-state index contributed by atoms with van der Waals surface area (Å²) in [6, 6.07) is 9.91. The van der Waals surface area contributed by atoms with Crippen LogP contribution in [0.15, 0.2) is 36.5 Å². The molecule has 0 aromatic carbocycles. The van der Waals surface area contributed by atoms with Crippen molar-refractivity contribution in [1.82, 2.24) is 15.2 Å². The van der Waals surface area contributed by atoms with E-state index in [1.54, 1.807) is 17.5 Å². The van der Waals surface area contributed by atoms with Crippen molar-refractivity contribution in [1.29, 1.82) is 0 Å². The zero-order valence-electron chi connectivity index (χ0n) is 9.84. The van der Waals surface area contributed by atoms with E-state index in [4.69, 9.17) is 5.73 Å². The molecular formula is C13H12N4S. The van der Waals surface area contributed by atoms with E-state index in [1.165, 1.54) is 4.88 Å². The molecule has 3 aromatic heterocycles. The summed E-state index contributed by atoms with van der Waals surface area (Å²) in [7, 11) is 0. The van der Waals surface area contributed by atoms with Gasteiger partial charge in [-0.3, -0.25) is 10.1 Å². The molecule has 0 fully saturated rings. The highest BCUT2D eigenvalue weighted by Gasteiger charge is 2.16. The van der Waals surface area contributed by atoms with Crippen molar-refractivity contribution in [3.8, 4) is 21.8 Å². The van der Waals surface area contributed by atoms with Crippen LogP contribution in [-0.2, 0) is 0 Å². The molecule has 0 radical (unpaired) electrons. The first kappa shape index (κ1) is 11.0. The molecule has 5 heteroatoms. The summed E-state index contributed by atoms with van der Waals surface area (Å²) in [6.45, 7) is 2.08. The Balaban J connectivity index is 2.18. The summed E-state index contributed by atoms with van der Waals surface area (Å²) >= 11 is 1.71. The van der Waals surface area contributed by atoms with E-state index in [0.29, 0.717) is 5.82 Å². The molecule has 0 unspecified atom stereocenters. The predicted octanol–water partition coefficient (Wildman–Crippen LogP) is 3.09. The lowest BCUT2D eigenvalue weighted by Crippen LogP contribution is -1.90. The smallest absolute Gasteiger partial charge is 0.155 e. The van der Waals surface area contributed by atoms with Crippen LogP contribution in [0.4, 0.5) is 5.82 Å². The van der Waals surface area contributed by atoms with Crippen LogP contribution in [0.1, 0.15) is 4.88 Å². The molecular weight excluding hydrogens is 244 g/mol. The Morgan fingerprint density at radius 2 is 2.11 bits per heavy atom. The van der Waals surface area contributed by atoms with Gasteiger partial charge >= 0.3 is 0 Å². The van der Waals surface area contributed by atoms with Gasteiger partial charge in [0.2, 0.25) is 0 Å². The predicted molar refractivity (Wildman–Crippen MR) is 74.3 cm³/mol. The topological polar surface area (TPSA) is 67.6 Å². The first-order valence-corrected chi connectivity index (χ1v) is 6.39. The van der Waals surface area contributed by atoms with Gasteiger partial charge in [-0.1, -0.05) is 6.07 Å². The molecule has 0 aliphatic heterocycles. The molecule has 0 aliphatic rings. The number of nitrogen functional groups attached to an aromatic ring is 1. The first-order chi connectivity index (χ1) is 8.75. The maximum absolute atomic E-state index is 5.94. The van der Waals surface area contributed by atoms with Crippen molar-refractivity contribution in [3.63, 3.8) is 0 Å². The largest absolute Gasteiger partial charge is 0.382 e. The highest BCUT2D eigenvalue weighted by Crippen LogP contribution is 2.36. The molecule has 0 aliphatic carbocycles. The Bertz CT molecular complexity index is 669. The molecule has 3 heterocycles. The van der Waals surface area contributed by atoms with E-state index >= 15 is 0 Å². The third-order valence-corrected chi connectivity index (χ3v) is 3.72. The minimum absolute atomic E-state index is 0.481. The number of H-pyrrole nitrogens is 1. The van der Waals surface area contributed by atoms with Crippen LogP contribution in [0.5, 0.6) is 0 Å². The molecule has 0 saturated heterocycles. The molecule has 3 aromatic rings. The van der Waals surface area contributed by atoms with Crippen LogP contribution >= 0.6 is 11.3 Å². The fourth-order valence-electron chi connectivity index (χ4n) is 1.87. The van der Waals surface area contributed by atoms with Gasteiger partial charge in [0.15, 0.2) is 5.82 Å². The van der Waals surface area contributed by atoms with Crippen molar-refractivity contribution in [2.75, 3.05) is 5.73 Å². The van der Waals surface area contributed by atoms with E-state index in [1.807, 2.05) is 18.2 Å². The minimum atomic E-state index is 0.481. The molecule has 0 saturated carbocycles. The Kier molecular flexibility index (Phi) is 2.60. The quantitative estimate of drug-likeness (QED) is 0.740. The molecule has 0 amide bonds. The second-order valence-electron chi connectivity index (χ2n) is 3.98. The van der Waals surface area contributed by atoms with Crippen molar-refractivity contribution < 1.29 is 0 Å². The molecule has 3 rings (SSSR count). The van der Waals surface area contributed by atoms with E-state index in [9.17, 15) is 0 Å². The number of hydrogen-bond acceptors (Lipinski definition) is 4. The lowest BCUT2D eigenvalue weighted by Gasteiger charge is -2.01. The number of pyridine rings is 1. The average Bonchev–Trinajstić information content (AvgIpc) is 2.96. The molecule has 18 heavy (non-hydrogen) atoms. The summed E-state index contributed by atoms with van der Waals surface area (Å²) in [6.07, 6.45) is 1.76.